The van der Waals surface area contributed by atoms with Gasteiger partial charge in [-0.1, -0.05) is 43.3 Å². The third-order valence-corrected chi connectivity index (χ3v) is 4.87. The van der Waals surface area contributed by atoms with Gasteiger partial charge in [0.25, 0.3) is 0 Å². The number of aromatic nitrogens is 1. The van der Waals surface area contributed by atoms with Gasteiger partial charge in [0.2, 0.25) is 0 Å². The highest BCUT2D eigenvalue weighted by atomic mass is 16.6. The van der Waals surface area contributed by atoms with Crippen molar-refractivity contribution >= 4 is 11.9 Å². The predicted octanol–water partition coefficient (Wildman–Crippen LogP) is 4.77. The number of benzene rings is 1. The summed E-state index contributed by atoms with van der Waals surface area (Å²) in [7, 11) is 0. The second kappa shape index (κ2) is 8.70. The van der Waals surface area contributed by atoms with Crippen LogP contribution in [-0.2, 0) is 11.3 Å². The van der Waals surface area contributed by atoms with Crippen LogP contribution in [0.15, 0.2) is 48.7 Å². The number of hydrogen-bond donors (Lipinski definition) is 1. The van der Waals surface area contributed by atoms with Crippen LogP contribution >= 0.6 is 0 Å². The summed E-state index contributed by atoms with van der Waals surface area (Å²) in [6.07, 6.45) is 4.60. The molecule has 1 aromatic carbocycles. The quantitative estimate of drug-likeness (QED) is 0.813. The monoisotopic (exact) mass is 353 g/mol. The average Bonchev–Trinajstić information content (AvgIpc) is 3.17. The largest absolute Gasteiger partial charge is 0.445 e. The molecular formula is C21H27N3O2. The van der Waals surface area contributed by atoms with Crippen molar-refractivity contribution in [3.05, 3.63) is 59.8 Å². The predicted molar refractivity (Wildman–Crippen MR) is 103 cm³/mol. The molecule has 0 spiro atoms. The maximum absolute atomic E-state index is 12.5. The van der Waals surface area contributed by atoms with Crippen LogP contribution in [0.3, 0.4) is 0 Å². The van der Waals surface area contributed by atoms with Gasteiger partial charge in [-0.25, -0.2) is 9.78 Å². The van der Waals surface area contributed by atoms with Gasteiger partial charge in [-0.15, -0.1) is 0 Å². The molecule has 0 unspecified atom stereocenters. The van der Waals surface area contributed by atoms with E-state index in [1.54, 1.807) is 0 Å². The van der Waals surface area contributed by atoms with Crippen LogP contribution in [0.5, 0.6) is 0 Å². The Morgan fingerprint density at radius 2 is 2.12 bits per heavy atom. The molecule has 2 aromatic rings. The molecule has 1 N–H and O–H groups in total. The van der Waals surface area contributed by atoms with Crippen LogP contribution in [0.1, 0.15) is 50.3 Å². The summed E-state index contributed by atoms with van der Waals surface area (Å²) in [6, 6.07) is 14.3. The number of amides is 1. The van der Waals surface area contributed by atoms with Gasteiger partial charge in [-0.2, -0.15) is 0 Å². The Kier molecular flexibility index (Phi) is 6.10. The molecule has 0 radical (unpaired) electrons. The van der Waals surface area contributed by atoms with Crippen molar-refractivity contribution in [3.63, 3.8) is 0 Å². The summed E-state index contributed by atoms with van der Waals surface area (Å²) >= 11 is 0. The van der Waals surface area contributed by atoms with Gasteiger partial charge in [0.15, 0.2) is 0 Å². The first-order valence-electron chi connectivity index (χ1n) is 9.37. The number of pyridine rings is 1. The van der Waals surface area contributed by atoms with E-state index in [0.29, 0.717) is 12.6 Å². The van der Waals surface area contributed by atoms with Gasteiger partial charge in [-0.3, -0.25) is 0 Å². The maximum atomic E-state index is 12.5. The highest BCUT2D eigenvalue weighted by Crippen LogP contribution is 2.32. The minimum Gasteiger partial charge on any atom is -0.445 e. The fourth-order valence-electron chi connectivity index (χ4n) is 3.18. The number of carbonyl (C=O) groups excluding carboxylic acids is 1. The number of nitrogens with one attached hydrogen (secondary N) is 1. The number of ether oxygens (including phenoxy) is 1. The fourth-order valence-corrected chi connectivity index (χ4v) is 3.18. The summed E-state index contributed by atoms with van der Waals surface area (Å²) in [5, 5.41) is 3.37. The highest BCUT2D eigenvalue weighted by Gasteiger charge is 2.31. The summed E-state index contributed by atoms with van der Waals surface area (Å²) in [5.41, 5.74) is 2.06. The third-order valence-electron chi connectivity index (χ3n) is 4.87. The summed E-state index contributed by atoms with van der Waals surface area (Å²) in [5.74, 6) is 0.874. The second-order valence-corrected chi connectivity index (χ2v) is 6.82. The molecular weight excluding hydrogens is 326 g/mol. The third kappa shape index (κ3) is 4.54. The number of rotatable bonds is 6. The van der Waals surface area contributed by atoms with Crippen molar-refractivity contribution < 1.29 is 9.53 Å². The SMILES string of the molecule is CC[C@H](C)Nc1ccc([C@H]2CCCN2C(=O)OCc2ccccc2)cn1. The standard InChI is InChI=1S/C21H27N3O2/c1-3-16(2)23-20-12-11-18(14-22-20)19-10-7-13-24(19)21(25)26-15-17-8-5-4-6-9-17/h4-6,8-9,11-12,14,16,19H,3,7,10,13,15H2,1-2H3,(H,22,23)/t16-,19+/m0/s1. The number of carbonyl (C=O) groups is 1. The molecule has 1 aliphatic rings. The van der Waals surface area contributed by atoms with Crippen molar-refractivity contribution in [2.45, 2.75) is 51.8 Å². The molecule has 0 bridgehead atoms. The Morgan fingerprint density at radius 1 is 1.31 bits per heavy atom. The van der Waals surface area contributed by atoms with Gasteiger partial charge in [0.1, 0.15) is 12.4 Å². The summed E-state index contributed by atoms with van der Waals surface area (Å²) in [6.45, 7) is 5.31. The van der Waals surface area contributed by atoms with Crippen LogP contribution < -0.4 is 5.32 Å². The van der Waals surface area contributed by atoms with Gasteiger partial charge in [0, 0.05) is 18.8 Å². The molecule has 138 valence electrons. The first kappa shape index (κ1) is 18.2. The van der Waals surface area contributed by atoms with Gasteiger partial charge >= 0.3 is 6.09 Å². The zero-order valence-electron chi connectivity index (χ0n) is 15.5. The normalized spacial score (nSPS) is 17.8. The molecule has 1 amide bonds. The molecule has 1 aliphatic heterocycles. The van der Waals surface area contributed by atoms with E-state index in [2.05, 4.69) is 30.2 Å². The Hall–Kier alpha value is -2.56. The Labute approximate surface area is 155 Å². The first-order valence-corrected chi connectivity index (χ1v) is 9.37. The molecule has 2 atom stereocenters. The smallest absolute Gasteiger partial charge is 0.410 e. The zero-order chi connectivity index (χ0) is 18.4. The average molecular weight is 353 g/mol. The van der Waals surface area contributed by atoms with Gasteiger partial charge in [0.05, 0.1) is 6.04 Å². The zero-order valence-corrected chi connectivity index (χ0v) is 15.5. The van der Waals surface area contributed by atoms with Crippen molar-refractivity contribution in [2.75, 3.05) is 11.9 Å². The summed E-state index contributed by atoms with van der Waals surface area (Å²) in [4.78, 5) is 18.9. The van der Waals surface area contributed by atoms with Crippen molar-refractivity contribution in [1.29, 1.82) is 0 Å². The van der Waals surface area contributed by atoms with E-state index >= 15 is 0 Å². The number of hydrogen-bond acceptors (Lipinski definition) is 4. The van der Waals surface area contributed by atoms with Crippen molar-refractivity contribution in [2.24, 2.45) is 0 Å². The lowest BCUT2D eigenvalue weighted by atomic mass is 10.1. The fraction of sp³-hybridized carbons (Fsp3) is 0.429. The molecule has 2 heterocycles. The van der Waals surface area contributed by atoms with Gasteiger partial charge < -0.3 is 15.0 Å². The van der Waals surface area contributed by atoms with E-state index in [9.17, 15) is 4.79 Å². The minimum absolute atomic E-state index is 0.0448. The number of likely N-dealkylation sites (tertiary alicyclic amines) is 1. The first-order chi connectivity index (χ1) is 12.7. The second-order valence-electron chi connectivity index (χ2n) is 6.82. The Balaban J connectivity index is 1.61. The van der Waals surface area contributed by atoms with E-state index in [-0.39, 0.29) is 12.1 Å². The van der Waals surface area contributed by atoms with Crippen LogP contribution in [0, 0.1) is 0 Å². The van der Waals surface area contributed by atoms with Crippen LogP contribution in [0.2, 0.25) is 0 Å². The molecule has 5 heteroatoms. The Morgan fingerprint density at radius 3 is 2.81 bits per heavy atom. The van der Waals surface area contributed by atoms with Crippen LogP contribution in [0.25, 0.3) is 0 Å². The lowest BCUT2D eigenvalue weighted by molar-refractivity contribution is 0.0920. The van der Waals surface area contributed by atoms with Crippen molar-refractivity contribution in [3.8, 4) is 0 Å². The minimum atomic E-state index is -0.252. The van der Waals surface area contributed by atoms with Crippen LogP contribution in [-0.4, -0.2) is 28.6 Å². The molecule has 1 saturated heterocycles. The number of anilines is 1. The van der Waals surface area contributed by atoms with E-state index in [1.807, 2.05) is 47.5 Å². The van der Waals surface area contributed by atoms with Gasteiger partial charge in [-0.05, 0) is 43.4 Å². The number of nitrogens with zero attached hydrogens (tertiary/aromatic N) is 2. The van der Waals surface area contributed by atoms with E-state index in [4.69, 9.17) is 4.74 Å². The molecule has 26 heavy (non-hydrogen) atoms. The van der Waals surface area contributed by atoms with Crippen molar-refractivity contribution in [1.82, 2.24) is 9.88 Å². The molecule has 1 aromatic heterocycles. The lowest BCUT2D eigenvalue weighted by Crippen LogP contribution is -2.31. The highest BCUT2D eigenvalue weighted by molar-refractivity contribution is 5.68. The Bertz CT molecular complexity index is 703. The summed E-state index contributed by atoms with van der Waals surface area (Å²) < 4.78 is 5.51. The molecule has 1 fully saturated rings. The molecule has 0 aliphatic carbocycles. The topological polar surface area (TPSA) is 54.5 Å². The van der Waals surface area contributed by atoms with Crippen LogP contribution in [0.4, 0.5) is 10.6 Å². The van der Waals surface area contributed by atoms with E-state index in [0.717, 1.165) is 42.8 Å². The van der Waals surface area contributed by atoms with E-state index in [1.165, 1.54) is 0 Å². The molecule has 5 nitrogen and oxygen atoms in total. The molecule has 3 rings (SSSR count). The lowest BCUT2D eigenvalue weighted by Gasteiger charge is -2.24. The van der Waals surface area contributed by atoms with E-state index < -0.39 is 0 Å². The maximum Gasteiger partial charge on any atom is 0.410 e. The molecule has 0 saturated carbocycles.